The van der Waals surface area contributed by atoms with E-state index in [4.69, 9.17) is 0 Å². The molecule has 3 aromatic heterocycles. The summed E-state index contributed by atoms with van der Waals surface area (Å²) in [6, 6.07) is 4.24. The first-order valence-corrected chi connectivity index (χ1v) is 10.7. The minimum Gasteiger partial charge on any atom is -0.346 e. The largest absolute Gasteiger partial charge is 0.346 e. The number of H-pyrrole nitrogens is 1. The minimum atomic E-state index is 0.0480. The third kappa shape index (κ3) is 3.71. The summed E-state index contributed by atoms with van der Waals surface area (Å²) in [5.74, 6) is 0.748. The summed E-state index contributed by atoms with van der Waals surface area (Å²) in [7, 11) is 0. The number of nitrogens with zero attached hydrogens (tertiary/aromatic N) is 5. The molecule has 4 heterocycles. The van der Waals surface area contributed by atoms with Crippen LogP contribution < -0.4 is 5.32 Å². The van der Waals surface area contributed by atoms with Crippen molar-refractivity contribution in [2.45, 2.75) is 38.6 Å². The summed E-state index contributed by atoms with van der Waals surface area (Å²) in [5, 5.41) is 21.8. The maximum atomic E-state index is 12.2. The van der Waals surface area contributed by atoms with Gasteiger partial charge >= 0.3 is 0 Å². The highest BCUT2D eigenvalue weighted by molar-refractivity contribution is 5.98. The van der Waals surface area contributed by atoms with E-state index in [-0.39, 0.29) is 11.8 Å². The summed E-state index contributed by atoms with van der Waals surface area (Å²) in [4.78, 5) is 19.9. The topological polar surface area (TPSA) is 102 Å². The van der Waals surface area contributed by atoms with Crippen molar-refractivity contribution in [3.05, 3.63) is 30.7 Å². The van der Waals surface area contributed by atoms with Crippen LogP contribution in [-0.2, 0) is 4.79 Å². The molecule has 3 N–H and O–H groups in total. The lowest BCUT2D eigenvalue weighted by molar-refractivity contribution is -0.250. The third-order valence-corrected chi connectivity index (χ3v) is 6.06. The van der Waals surface area contributed by atoms with E-state index in [1.54, 1.807) is 0 Å². The first-order valence-electron chi connectivity index (χ1n) is 10.7. The number of aromatic nitrogens is 4. The molecule has 1 saturated heterocycles. The van der Waals surface area contributed by atoms with Crippen molar-refractivity contribution in [3.8, 4) is 11.1 Å². The summed E-state index contributed by atoms with van der Waals surface area (Å²) in [5.41, 5.74) is 2.76. The minimum absolute atomic E-state index is 0.0480. The zero-order valence-corrected chi connectivity index (χ0v) is 17.1. The standard InChI is InChI=1S/C21H27N7O2/c1-2-28(30)26-9-6-16(7-10-26)27-13-15(12-23-27)18-11-19(25-21(29)14-3-4-14)24-20-17(18)5-8-22-20/h5,8,11-14,16,30H,2-4,6-7,9-10H2,1H3,(H2,22,24,25,29). The molecule has 5 rings (SSSR count). The van der Waals surface area contributed by atoms with Crippen LogP contribution in [-0.4, -0.2) is 60.7 Å². The van der Waals surface area contributed by atoms with Crippen molar-refractivity contribution in [1.82, 2.24) is 29.9 Å². The quantitative estimate of drug-likeness (QED) is 0.541. The van der Waals surface area contributed by atoms with Gasteiger partial charge in [0, 0.05) is 48.9 Å². The Hall–Kier alpha value is -2.75. The highest BCUT2D eigenvalue weighted by atomic mass is 16.5. The fourth-order valence-electron chi connectivity index (χ4n) is 4.14. The van der Waals surface area contributed by atoms with Crippen molar-refractivity contribution >= 4 is 22.8 Å². The first kappa shape index (κ1) is 19.2. The highest BCUT2D eigenvalue weighted by Gasteiger charge is 2.30. The normalized spacial score (nSPS) is 18.4. The maximum Gasteiger partial charge on any atom is 0.228 e. The predicted octanol–water partition coefficient (Wildman–Crippen LogP) is 3.04. The molecule has 2 aliphatic rings. The van der Waals surface area contributed by atoms with E-state index in [0.717, 1.165) is 60.9 Å². The number of fused-ring (bicyclic) bond motifs is 1. The van der Waals surface area contributed by atoms with Gasteiger partial charge in [-0.05, 0) is 50.3 Å². The van der Waals surface area contributed by atoms with Crippen molar-refractivity contribution < 1.29 is 10.0 Å². The number of hydroxylamine groups is 1. The second-order valence-electron chi connectivity index (χ2n) is 8.14. The number of pyridine rings is 1. The average molecular weight is 409 g/mol. The van der Waals surface area contributed by atoms with Gasteiger partial charge in [0.1, 0.15) is 11.5 Å². The van der Waals surface area contributed by atoms with Gasteiger partial charge in [0.25, 0.3) is 0 Å². The third-order valence-electron chi connectivity index (χ3n) is 6.06. The molecule has 0 atom stereocenters. The van der Waals surface area contributed by atoms with Crippen LogP contribution in [0.15, 0.2) is 30.7 Å². The van der Waals surface area contributed by atoms with Gasteiger partial charge in [-0.3, -0.25) is 14.7 Å². The Morgan fingerprint density at radius 1 is 1.33 bits per heavy atom. The number of carbonyl (C=O) groups is 1. The zero-order chi connectivity index (χ0) is 20.7. The van der Waals surface area contributed by atoms with E-state index < -0.39 is 0 Å². The van der Waals surface area contributed by atoms with Crippen LogP contribution >= 0.6 is 0 Å². The first-order chi connectivity index (χ1) is 14.6. The molecule has 0 radical (unpaired) electrons. The van der Waals surface area contributed by atoms with E-state index in [1.165, 1.54) is 5.17 Å². The van der Waals surface area contributed by atoms with Crippen molar-refractivity contribution in [1.29, 1.82) is 0 Å². The molecule has 1 aliphatic heterocycles. The van der Waals surface area contributed by atoms with Gasteiger partial charge in [-0.25, -0.2) is 9.99 Å². The number of nitrogens with one attached hydrogen (secondary N) is 2. The second-order valence-corrected chi connectivity index (χ2v) is 8.14. The van der Waals surface area contributed by atoms with Gasteiger partial charge in [0.05, 0.1) is 12.2 Å². The number of aromatic amines is 1. The molecule has 1 aliphatic carbocycles. The Bertz CT molecular complexity index is 1050. The van der Waals surface area contributed by atoms with Crippen LogP contribution in [0.5, 0.6) is 0 Å². The molecule has 0 bridgehead atoms. The van der Waals surface area contributed by atoms with Crippen molar-refractivity contribution in [2.75, 3.05) is 25.0 Å². The van der Waals surface area contributed by atoms with E-state index in [1.807, 2.05) is 41.1 Å². The highest BCUT2D eigenvalue weighted by Crippen LogP contribution is 2.33. The lowest BCUT2D eigenvalue weighted by atomic mass is 10.1. The smallest absolute Gasteiger partial charge is 0.228 e. The van der Waals surface area contributed by atoms with Gasteiger partial charge in [-0.15, -0.1) is 5.17 Å². The number of anilines is 1. The SMILES string of the molecule is CCN(O)N1CCC(n2cc(-c3cc(NC(=O)C4CC4)nc4[nH]ccc34)cn2)CC1. The molecular formula is C21H27N7O2. The number of rotatable bonds is 6. The van der Waals surface area contributed by atoms with E-state index in [9.17, 15) is 10.0 Å². The summed E-state index contributed by atoms with van der Waals surface area (Å²) >= 11 is 0. The molecule has 0 aromatic carbocycles. The van der Waals surface area contributed by atoms with E-state index in [2.05, 4.69) is 26.6 Å². The van der Waals surface area contributed by atoms with Gasteiger partial charge in [0.2, 0.25) is 5.91 Å². The Kier molecular flexibility index (Phi) is 5.01. The number of hydrazine groups is 1. The number of hydrogen-bond donors (Lipinski definition) is 3. The summed E-state index contributed by atoms with van der Waals surface area (Å²) in [6.45, 7) is 4.13. The van der Waals surface area contributed by atoms with Gasteiger partial charge < -0.3 is 10.3 Å². The summed E-state index contributed by atoms with van der Waals surface area (Å²) in [6.07, 6.45) is 9.59. The Balaban J connectivity index is 1.38. The molecule has 9 nitrogen and oxygen atoms in total. The van der Waals surface area contributed by atoms with Gasteiger partial charge in [-0.1, -0.05) is 0 Å². The molecule has 3 aromatic rings. The van der Waals surface area contributed by atoms with Gasteiger partial charge in [0.15, 0.2) is 0 Å². The average Bonchev–Trinajstić information content (AvgIpc) is 3.32. The summed E-state index contributed by atoms with van der Waals surface area (Å²) < 4.78 is 2.03. The van der Waals surface area contributed by atoms with E-state index in [0.29, 0.717) is 18.4 Å². The Morgan fingerprint density at radius 3 is 2.87 bits per heavy atom. The fourth-order valence-corrected chi connectivity index (χ4v) is 4.14. The van der Waals surface area contributed by atoms with Crippen LogP contribution in [0.25, 0.3) is 22.2 Å². The van der Waals surface area contributed by atoms with Crippen LogP contribution in [0, 0.1) is 5.92 Å². The van der Waals surface area contributed by atoms with Crippen LogP contribution in [0.2, 0.25) is 0 Å². The lowest BCUT2D eigenvalue weighted by Crippen LogP contribution is -2.45. The molecular weight excluding hydrogens is 382 g/mol. The maximum absolute atomic E-state index is 12.2. The van der Waals surface area contributed by atoms with E-state index >= 15 is 0 Å². The molecule has 1 saturated carbocycles. The molecule has 0 unspecified atom stereocenters. The molecule has 0 spiro atoms. The van der Waals surface area contributed by atoms with Crippen LogP contribution in [0.3, 0.4) is 0 Å². The molecule has 1 amide bonds. The van der Waals surface area contributed by atoms with Crippen molar-refractivity contribution in [3.63, 3.8) is 0 Å². The zero-order valence-electron chi connectivity index (χ0n) is 17.1. The molecule has 30 heavy (non-hydrogen) atoms. The Labute approximate surface area is 174 Å². The molecule has 2 fully saturated rings. The number of amides is 1. The Morgan fingerprint density at radius 2 is 2.13 bits per heavy atom. The fraction of sp³-hybridized carbons (Fsp3) is 0.476. The monoisotopic (exact) mass is 409 g/mol. The number of hydrogen-bond acceptors (Lipinski definition) is 6. The lowest BCUT2D eigenvalue weighted by Gasteiger charge is -2.35. The van der Waals surface area contributed by atoms with Crippen LogP contribution in [0.1, 0.15) is 38.6 Å². The van der Waals surface area contributed by atoms with Gasteiger partial charge in [-0.2, -0.15) is 5.10 Å². The van der Waals surface area contributed by atoms with Crippen molar-refractivity contribution in [2.24, 2.45) is 5.92 Å². The molecule has 158 valence electrons. The van der Waals surface area contributed by atoms with Crippen LogP contribution in [0.4, 0.5) is 5.82 Å². The second kappa shape index (κ2) is 7.82. The number of carbonyl (C=O) groups excluding carboxylic acids is 1. The predicted molar refractivity (Wildman–Crippen MR) is 113 cm³/mol. The number of piperidine rings is 1. The molecule has 9 heteroatoms.